The SMILES string of the molecule is COc1cccc(-c2noc([C@@H]3CCCN(C(=O)CCCl)C3)n2)c1. The van der Waals surface area contributed by atoms with Crippen LogP contribution in [0.25, 0.3) is 11.4 Å². The summed E-state index contributed by atoms with van der Waals surface area (Å²) >= 11 is 5.67. The lowest BCUT2D eigenvalue weighted by molar-refractivity contribution is -0.132. The molecule has 0 aliphatic carbocycles. The molecule has 128 valence electrons. The second kappa shape index (κ2) is 7.66. The van der Waals surface area contributed by atoms with Gasteiger partial charge in [0, 0.05) is 31.0 Å². The Bertz CT molecular complexity index is 704. The zero-order valence-corrected chi connectivity index (χ0v) is 14.3. The van der Waals surface area contributed by atoms with Crippen LogP contribution in [0.3, 0.4) is 0 Å². The second-order valence-electron chi connectivity index (χ2n) is 5.81. The van der Waals surface area contributed by atoms with Crippen LogP contribution in [0.15, 0.2) is 28.8 Å². The van der Waals surface area contributed by atoms with Crippen molar-refractivity contribution in [2.75, 3.05) is 26.1 Å². The number of methoxy groups -OCH3 is 1. The summed E-state index contributed by atoms with van der Waals surface area (Å²) < 4.78 is 10.7. The number of aromatic nitrogens is 2. The van der Waals surface area contributed by atoms with Crippen molar-refractivity contribution >= 4 is 17.5 Å². The largest absolute Gasteiger partial charge is 0.497 e. The summed E-state index contributed by atoms with van der Waals surface area (Å²) in [5.74, 6) is 2.37. The number of hydrogen-bond donors (Lipinski definition) is 0. The molecule has 1 fully saturated rings. The average molecular weight is 350 g/mol. The monoisotopic (exact) mass is 349 g/mol. The van der Waals surface area contributed by atoms with Gasteiger partial charge in [-0.15, -0.1) is 11.6 Å². The Morgan fingerprint density at radius 3 is 3.17 bits per heavy atom. The minimum Gasteiger partial charge on any atom is -0.497 e. The molecule has 1 aromatic heterocycles. The van der Waals surface area contributed by atoms with Gasteiger partial charge in [0.15, 0.2) is 0 Å². The molecule has 7 heteroatoms. The molecule has 1 saturated heterocycles. The van der Waals surface area contributed by atoms with E-state index in [1.165, 1.54) is 0 Å². The topological polar surface area (TPSA) is 68.5 Å². The minimum atomic E-state index is 0.0740. The molecular weight excluding hydrogens is 330 g/mol. The van der Waals surface area contributed by atoms with Crippen LogP contribution in [0.1, 0.15) is 31.1 Å². The molecular formula is C17H20ClN3O3. The predicted octanol–water partition coefficient (Wildman–Crippen LogP) is 3.08. The van der Waals surface area contributed by atoms with E-state index in [2.05, 4.69) is 10.1 Å². The van der Waals surface area contributed by atoms with Gasteiger partial charge in [-0.05, 0) is 25.0 Å². The summed E-state index contributed by atoms with van der Waals surface area (Å²) in [7, 11) is 1.62. The molecule has 1 aliphatic heterocycles. The highest BCUT2D eigenvalue weighted by molar-refractivity contribution is 6.18. The van der Waals surface area contributed by atoms with E-state index in [1.807, 2.05) is 29.2 Å². The van der Waals surface area contributed by atoms with Gasteiger partial charge in [-0.3, -0.25) is 4.79 Å². The fourth-order valence-electron chi connectivity index (χ4n) is 2.92. The number of ether oxygens (including phenoxy) is 1. The number of rotatable bonds is 5. The van der Waals surface area contributed by atoms with Crippen LogP contribution < -0.4 is 4.74 Å². The first kappa shape index (κ1) is 16.8. The number of alkyl halides is 1. The van der Waals surface area contributed by atoms with E-state index in [0.717, 1.165) is 30.7 Å². The predicted molar refractivity (Wildman–Crippen MR) is 90.2 cm³/mol. The van der Waals surface area contributed by atoms with Crippen molar-refractivity contribution in [3.05, 3.63) is 30.2 Å². The highest BCUT2D eigenvalue weighted by Crippen LogP contribution is 2.28. The first-order valence-electron chi connectivity index (χ1n) is 8.03. The summed E-state index contributed by atoms with van der Waals surface area (Å²) in [4.78, 5) is 18.4. The zero-order valence-electron chi connectivity index (χ0n) is 13.6. The van der Waals surface area contributed by atoms with Crippen molar-refractivity contribution in [1.29, 1.82) is 0 Å². The van der Waals surface area contributed by atoms with Gasteiger partial charge >= 0.3 is 0 Å². The number of carbonyl (C=O) groups is 1. The van der Waals surface area contributed by atoms with E-state index in [1.54, 1.807) is 7.11 Å². The third kappa shape index (κ3) is 3.70. The minimum absolute atomic E-state index is 0.0740. The zero-order chi connectivity index (χ0) is 16.9. The Kier molecular flexibility index (Phi) is 5.35. The number of carbonyl (C=O) groups excluding carboxylic acids is 1. The number of benzene rings is 1. The standard InChI is InChI=1S/C17H20ClN3O3/c1-23-14-6-2-4-12(10-14)16-19-17(24-20-16)13-5-3-9-21(11-13)15(22)7-8-18/h2,4,6,10,13H,3,5,7-9,11H2,1H3/t13-/m1/s1. The number of likely N-dealkylation sites (tertiary alicyclic amines) is 1. The third-order valence-electron chi connectivity index (χ3n) is 4.20. The number of amides is 1. The Balaban J connectivity index is 1.74. The first-order chi connectivity index (χ1) is 11.7. The molecule has 1 atom stereocenters. The molecule has 2 aromatic rings. The van der Waals surface area contributed by atoms with E-state index >= 15 is 0 Å². The van der Waals surface area contributed by atoms with Gasteiger partial charge in [0.05, 0.1) is 13.0 Å². The van der Waals surface area contributed by atoms with Crippen molar-refractivity contribution in [3.63, 3.8) is 0 Å². The highest BCUT2D eigenvalue weighted by atomic mass is 35.5. The molecule has 0 spiro atoms. The maximum atomic E-state index is 12.0. The summed E-state index contributed by atoms with van der Waals surface area (Å²) in [5.41, 5.74) is 0.843. The van der Waals surface area contributed by atoms with Gasteiger partial charge in [0.2, 0.25) is 17.6 Å². The van der Waals surface area contributed by atoms with Gasteiger partial charge < -0.3 is 14.2 Å². The number of halogens is 1. The van der Waals surface area contributed by atoms with E-state index in [9.17, 15) is 4.79 Å². The molecule has 0 N–H and O–H groups in total. The van der Waals surface area contributed by atoms with Gasteiger partial charge in [-0.25, -0.2) is 0 Å². The second-order valence-corrected chi connectivity index (χ2v) is 6.18. The molecule has 3 rings (SSSR count). The smallest absolute Gasteiger partial charge is 0.231 e. The lowest BCUT2D eigenvalue weighted by Crippen LogP contribution is -2.39. The van der Waals surface area contributed by atoms with Crippen LogP contribution in [-0.2, 0) is 4.79 Å². The Hall–Kier alpha value is -2.08. The van der Waals surface area contributed by atoms with Gasteiger partial charge in [0.25, 0.3) is 0 Å². The van der Waals surface area contributed by atoms with Crippen molar-refractivity contribution in [1.82, 2.24) is 15.0 Å². The molecule has 6 nitrogen and oxygen atoms in total. The maximum Gasteiger partial charge on any atom is 0.231 e. The van der Waals surface area contributed by atoms with Crippen molar-refractivity contribution < 1.29 is 14.1 Å². The Morgan fingerprint density at radius 2 is 2.38 bits per heavy atom. The molecule has 1 aromatic carbocycles. The summed E-state index contributed by atoms with van der Waals surface area (Å²) in [6, 6.07) is 7.53. The van der Waals surface area contributed by atoms with Crippen LogP contribution in [0.5, 0.6) is 5.75 Å². The van der Waals surface area contributed by atoms with E-state index < -0.39 is 0 Å². The maximum absolute atomic E-state index is 12.0. The summed E-state index contributed by atoms with van der Waals surface area (Å²) in [6.07, 6.45) is 2.23. The fraction of sp³-hybridized carbons (Fsp3) is 0.471. The molecule has 0 radical (unpaired) electrons. The lowest BCUT2D eigenvalue weighted by atomic mass is 9.97. The lowest BCUT2D eigenvalue weighted by Gasteiger charge is -2.30. The first-order valence-corrected chi connectivity index (χ1v) is 8.56. The van der Waals surface area contributed by atoms with Crippen LogP contribution in [0, 0.1) is 0 Å². The molecule has 2 heterocycles. The van der Waals surface area contributed by atoms with Crippen LogP contribution >= 0.6 is 11.6 Å². The highest BCUT2D eigenvalue weighted by Gasteiger charge is 2.28. The van der Waals surface area contributed by atoms with E-state index in [0.29, 0.717) is 30.6 Å². The molecule has 0 bridgehead atoms. The van der Waals surface area contributed by atoms with Crippen molar-refractivity contribution in [2.45, 2.75) is 25.2 Å². The van der Waals surface area contributed by atoms with E-state index in [4.69, 9.17) is 20.9 Å². The van der Waals surface area contributed by atoms with Crippen LogP contribution in [-0.4, -0.2) is 47.0 Å². The van der Waals surface area contributed by atoms with Crippen LogP contribution in [0.4, 0.5) is 0 Å². The normalized spacial score (nSPS) is 17.8. The Labute approximate surface area is 145 Å². The fourth-order valence-corrected chi connectivity index (χ4v) is 3.09. The molecule has 24 heavy (non-hydrogen) atoms. The molecule has 1 aliphatic rings. The van der Waals surface area contributed by atoms with Gasteiger partial charge in [-0.1, -0.05) is 17.3 Å². The van der Waals surface area contributed by atoms with E-state index in [-0.39, 0.29) is 11.8 Å². The van der Waals surface area contributed by atoms with Gasteiger partial charge in [0.1, 0.15) is 5.75 Å². The summed E-state index contributed by atoms with van der Waals surface area (Å²) in [5, 5.41) is 4.08. The summed E-state index contributed by atoms with van der Waals surface area (Å²) in [6.45, 7) is 1.37. The van der Waals surface area contributed by atoms with Crippen molar-refractivity contribution in [2.24, 2.45) is 0 Å². The third-order valence-corrected chi connectivity index (χ3v) is 4.39. The average Bonchev–Trinajstić information content (AvgIpc) is 3.12. The number of nitrogens with zero attached hydrogens (tertiary/aromatic N) is 3. The number of piperidine rings is 1. The molecule has 0 saturated carbocycles. The molecule has 1 amide bonds. The van der Waals surface area contributed by atoms with Crippen molar-refractivity contribution in [3.8, 4) is 17.1 Å². The Morgan fingerprint density at radius 1 is 1.50 bits per heavy atom. The molecule has 0 unspecified atom stereocenters. The quantitative estimate of drug-likeness (QED) is 0.776. The van der Waals surface area contributed by atoms with Crippen LogP contribution in [0.2, 0.25) is 0 Å². The number of hydrogen-bond acceptors (Lipinski definition) is 5. The van der Waals surface area contributed by atoms with Gasteiger partial charge in [-0.2, -0.15) is 4.98 Å².